The molecule has 1 amide bonds. The summed E-state index contributed by atoms with van der Waals surface area (Å²) in [6, 6.07) is 15.2. The third-order valence-corrected chi connectivity index (χ3v) is 6.35. The number of rotatable bonds is 6. The summed E-state index contributed by atoms with van der Waals surface area (Å²) in [5, 5.41) is 0.143. The average molecular weight is 479 g/mol. The SMILES string of the molecule is O=C(CSc1ncc(-c2ccccc2)n1CC(F)(F)F)N1CCN(c2ccccc2F)CC1. The molecular formula is C23H22F4N4OS. The number of anilines is 1. The zero-order valence-electron chi connectivity index (χ0n) is 17.6. The second-order valence-corrected chi connectivity index (χ2v) is 8.54. The molecule has 1 saturated heterocycles. The molecule has 10 heteroatoms. The van der Waals surface area contributed by atoms with Crippen molar-refractivity contribution < 1.29 is 22.4 Å². The Labute approximate surface area is 193 Å². The monoisotopic (exact) mass is 478 g/mol. The van der Waals surface area contributed by atoms with Gasteiger partial charge in [-0.1, -0.05) is 54.2 Å². The topological polar surface area (TPSA) is 41.4 Å². The number of nitrogens with zero attached hydrogens (tertiary/aromatic N) is 4. The standard InChI is InChI=1S/C23H22F4N4OS/c24-18-8-4-5-9-19(18)29-10-12-30(13-11-29)21(32)15-33-22-28-14-20(17-6-2-1-3-7-17)31(22)16-23(25,26)27/h1-9,14H,10-13,15-16H2. The molecule has 5 nitrogen and oxygen atoms in total. The molecule has 0 aliphatic carbocycles. The van der Waals surface area contributed by atoms with Crippen LogP contribution in [0.25, 0.3) is 11.3 Å². The molecule has 0 atom stereocenters. The first-order chi connectivity index (χ1) is 15.8. The Kier molecular flexibility index (Phi) is 6.92. The Morgan fingerprint density at radius 3 is 2.30 bits per heavy atom. The van der Waals surface area contributed by atoms with Gasteiger partial charge in [-0.05, 0) is 17.7 Å². The number of para-hydroxylation sites is 1. The lowest BCUT2D eigenvalue weighted by atomic mass is 10.2. The number of amides is 1. The molecule has 0 bridgehead atoms. The first-order valence-corrected chi connectivity index (χ1v) is 11.4. The number of halogens is 4. The molecule has 1 aliphatic rings. The second kappa shape index (κ2) is 9.86. The van der Waals surface area contributed by atoms with Crippen molar-refractivity contribution in [1.29, 1.82) is 0 Å². The van der Waals surface area contributed by atoms with Crippen molar-refractivity contribution in [2.24, 2.45) is 0 Å². The van der Waals surface area contributed by atoms with E-state index in [1.165, 1.54) is 12.3 Å². The molecule has 0 saturated carbocycles. The lowest BCUT2D eigenvalue weighted by Gasteiger charge is -2.36. The quantitative estimate of drug-likeness (QED) is 0.381. The number of carbonyl (C=O) groups excluding carboxylic acids is 1. The number of hydrogen-bond donors (Lipinski definition) is 0. The fourth-order valence-corrected chi connectivity index (χ4v) is 4.65. The van der Waals surface area contributed by atoms with E-state index in [9.17, 15) is 22.4 Å². The number of thioether (sulfide) groups is 1. The summed E-state index contributed by atoms with van der Waals surface area (Å²) in [4.78, 5) is 20.4. The number of aromatic nitrogens is 2. The number of hydrogen-bond acceptors (Lipinski definition) is 4. The smallest absolute Gasteiger partial charge is 0.366 e. The van der Waals surface area contributed by atoms with Crippen LogP contribution in [0.1, 0.15) is 0 Å². The Morgan fingerprint density at radius 2 is 1.64 bits per heavy atom. The van der Waals surface area contributed by atoms with Gasteiger partial charge in [0.1, 0.15) is 12.4 Å². The molecule has 174 valence electrons. The van der Waals surface area contributed by atoms with E-state index in [1.54, 1.807) is 53.4 Å². The molecule has 4 rings (SSSR count). The third-order valence-electron chi connectivity index (χ3n) is 5.38. The molecule has 2 heterocycles. The van der Waals surface area contributed by atoms with Crippen molar-refractivity contribution in [3.05, 3.63) is 66.6 Å². The van der Waals surface area contributed by atoms with Gasteiger partial charge in [0, 0.05) is 26.2 Å². The molecule has 1 aliphatic heterocycles. The van der Waals surface area contributed by atoms with Crippen LogP contribution >= 0.6 is 11.8 Å². The van der Waals surface area contributed by atoms with Gasteiger partial charge in [0.2, 0.25) is 5.91 Å². The summed E-state index contributed by atoms with van der Waals surface area (Å²) in [6.45, 7) is 0.616. The van der Waals surface area contributed by atoms with Crippen LogP contribution in [-0.2, 0) is 11.3 Å². The zero-order chi connectivity index (χ0) is 23.4. The minimum Gasteiger partial charge on any atom is -0.366 e. The van der Waals surface area contributed by atoms with Crippen molar-refractivity contribution in [3.63, 3.8) is 0 Å². The first kappa shape index (κ1) is 23.2. The summed E-state index contributed by atoms with van der Waals surface area (Å²) >= 11 is 0.992. The van der Waals surface area contributed by atoms with E-state index in [-0.39, 0.29) is 22.6 Å². The molecule has 0 unspecified atom stereocenters. The van der Waals surface area contributed by atoms with Crippen LogP contribution in [0.5, 0.6) is 0 Å². The molecule has 1 fully saturated rings. The lowest BCUT2D eigenvalue weighted by molar-refractivity contribution is -0.141. The molecular weight excluding hydrogens is 456 g/mol. The number of piperazine rings is 1. The number of carbonyl (C=O) groups is 1. The van der Waals surface area contributed by atoms with E-state index in [1.807, 2.05) is 4.90 Å². The highest BCUT2D eigenvalue weighted by atomic mass is 32.2. The van der Waals surface area contributed by atoms with Crippen LogP contribution in [0.3, 0.4) is 0 Å². The van der Waals surface area contributed by atoms with Crippen molar-refractivity contribution in [3.8, 4) is 11.3 Å². The largest absolute Gasteiger partial charge is 0.406 e. The van der Waals surface area contributed by atoms with Crippen LogP contribution in [0, 0.1) is 5.82 Å². The highest BCUT2D eigenvalue weighted by Crippen LogP contribution is 2.30. The van der Waals surface area contributed by atoms with E-state index >= 15 is 0 Å². The van der Waals surface area contributed by atoms with Crippen LogP contribution in [0.4, 0.5) is 23.2 Å². The Hall–Kier alpha value is -3.01. The van der Waals surface area contributed by atoms with Crippen LogP contribution < -0.4 is 4.90 Å². The molecule has 0 N–H and O–H groups in total. The van der Waals surface area contributed by atoms with Gasteiger partial charge in [-0.3, -0.25) is 4.79 Å². The van der Waals surface area contributed by atoms with Gasteiger partial charge >= 0.3 is 6.18 Å². The predicted octanol–water partition coefficient (Wildman–Crippen LogP) is 4.69. The van der Waals surface area contributed by atoms with E-state index in [2.05, 4.69) is 4.98 Å². The minimum atomic E-state index is -4.42. The van der Waals surface area contributed by atoms with E-state index < -0.39 is 12.7 Å². The fraction of sp³-hybridized carbons (Fsp3) is 0.304. The maximum Gasteiger partial charge on any atom is 0.406 e. The maximum absolute atomic E-state index is 14.0. The molecule has 3 aromatic rings. The van der Waals surface area contributed by atoms with Gasteiger partial charge in [0.05, 0.1) is 23.3 Å². The third kappa shape index (κ3) is 5.68. The predicted molar refractivity (Wildman–Crippen MR) is 120 cm³/mol. The van der Waals surface area contributed by atoms with Crippen LogP contribution in [0.15, 0.2) is 66.0 Å². The summed E-state index contributed by atoms with van der Waals surface area (Å²) < 4.78 is 54.8. The fourth-order valence-electron chi connectivity index (χ4n) is 3.77. The number of imidazole rings is 1. The van der Waals surface area contributed by atoms with Crippen molar-refractivity contribution >= 4 is 23.4 Å². The van der Waals surface area contributed by atoms with Gasteiger partial charge in [0.15, 0.2) is 5.16 Å². The van der Waals surface area contributed by atoms with Gasteiger partial charge in [-0.25, -0.2) is 9.37 Å². The lowest BCUT2D eigenvalue weighted by Crippen LogP contribution is -2.49. The zero-order valence-corrected chi connectivity index (χ0v) is 18.4. The van der Waals surface area contributed by atoms with Gasteiger partial charge in [-0.2, -0.15) is 13.2 Å². The van der Waals surface area contributed by atoms with Gasteiger partial charge in [0.25, 0.3) is 0 Å². The molecule has 2 aromatic carbocycles. The summed E-state index contributed by atoms with van der Waals surface area (Å²) in [5.74, 6) is -0.516. The van der Waals surface area contributed by atoms with E-state index in [0.717, 1.165) is 16.3 Å². The summed E-state index contributed by atoms with van der Waals surface area (Å²) in [5.41, 5.74) is 1.47. The minimum absolute atomic E-state index is 0.0250. The Bertz CT molecular complexity index is 1100. The average Bonchev–Trinajstić information content (AvgIpc) is 3.19. The second-order valence-electron chi connectivity index (χ2n) is 7.60. The number of alkyl halides is 3. The summed E-state index contributed by atoms with van der Waals surface area (Å²) in [6.07, 6.45) is -3.02. The van der Waals surface area contributed by atoms with Crippen LogP contribution in [0.2, 0.25) is 0 Å². The number of benzene rings is 2. The van der Waals surface area contributed by atoms with Crippen LogP contribution in [-0.4, -0.2) is 58.5 Å². The van der Waals surface area contributed by atoms with Crippen molar-refractivity contribution in [2.75, 3.05) is 36.8 Å². The molecule has 33 heavy (non-hydrogen) atoms. The Balaban J connectivity index is 1.40. The maximum atomic E-state index is 14.0. The molecule has 0 spiro atoms. The highest BCUT2D eigenvalue weighted by molar-refractivity contribution is 7.99. The van der Waals surface area contributed by atoms with Crippen molar-refractivity contribution in [1.82, 2.24) is 14.5 Å². The summed E-state index contributed by atoms with van der Waals surface area (Å²) in [7, 11) is 0. The molecule has 0 radical (unpaired) electrons. The highest BCUT2D eigenvalue weighted by Gasteiger charge is 2.31. The normalized spacial score (nSPS) is 14.5. The van der Waals surface area contributed by atoms with Gasteiger partial charge in [-0.15, -0.1) is 0 Å². The van der Waals surface area contributed by atoms with E-state index in [4.69, 9.17) is 0 Å². The van der Waals surface area contributed by atoms with Crippen molar-refractivity contribution in [2.45, 2.75) is 17.9 Å². The Morgan fingerprint density at radius 1 is 0.970 bits per heavy atom. The molecule has 1 aromatic heterocycles. The van der Waals surface area contributed by atoms with E-state index in [0.29, 0.717) is 43.1 Å². The van der Waals surface area contributed by atoms with Gasteiger partial charge < -0.3 is 14.4 Å². The first-order valence-electron chi connectivity index (χ1n) is 10.4.